The van der Waals surface area contributed by atoms with Crippen molar-refractivity contribution in [2.75, 3.05) is 5.73 Å². The van der Waals surface area contributed by atoms with E-state index >= 15 is 0 Å². The number of thioether (sulfide) groups is 1. The predicted molar refractivity (Wildman–Crippen MR) is 84.6 cm³/mol. The lowest BCUT2D eigenvalue weighted by Gasteiger charge is -2.07. The Morgan fingerprint density at radius 2 is 1.89 bits per heavy atom. The Morgan fingerprint density at radius 3 is 2.61 bits per heavy atom. The second-order valence-electron chi connectivity index (χ2n) is 3.71. The van der Waals surface area contributed by atoms with E-state index in [0.717, 1.165) is 31.4 Å². The van der Waals surface area contributed by atoms with E-state index in [9.17, 15) is 0 Å². The molecule has 1 nitrogen and oxygen atoms in total. The summed E-state index contributed by atoms with van der Waals surface area (Å²) in [7, 11) is 0. The Kier molecular flexibility index (Phi) is 4.84. The summed E-state index contributed by atoms with van der Waals surface area (Å²) < 4.78 is 0.975. The van der Waals surface area contributed by atoms with Gasteiger partial charge in [-0.25, -0.2) is 0 Å². The van der Waals surface area contributed by atoms with Gasteiger partial charge < -0.3 is 5.73 Å². The molecule has 94 valence electrons. The van der Waals surface area contributed by atoms with Crippen molar-refractivity contribution in [3.63, 3.8) is 0 Å². The molecule has 0 bridgehead atoms. The largest absolute Gasteiger partial charge is 0.398 e. The molecule has 2 N–H and O–H groups in total. The maximum absolute atomic E-state index is 6.17. The third kappa shape index (κ3) is 3.58. The van der Waals surface area contributed by atoms with E-state index < -0.39 is 0 Å². The number of hydrogen-bond acceptors (Lipinski definition) is 2. The van der Waals surface area contributed by atoms with Crippen LogP contribution in [0.1, 0.15) is 5.56 Å². The smallest absolute Gasteiger partial charge is 0.0457 e. The third-order valence-electron chi connectivity index (χ3n) is 2.37. The van der Waals surface area contributed by atoms with E-state index in [1.165, 1.54) is 0 Å². The lowest BCUT2D eigenvalue weighted by molar-refractivity contribution is 1.38. The van der Waals surface area contributed by atoms with Crippen LogP contribution in [0.2, 0.25) is 10.0 Å². The van der Waals surface area contributed by atoms with Crippen molar-refractivity contribution >= 4 is 56.6 Å². The highest BCUT2D eigenvalue weighted by Gasteiger charge is 2.05. The molecule has 0 unspecified atom stereocenters. The van der Waals surface area contributed by atoms with Gasteiger partial charge in [-0.3, -0.25) is 0 Å². The van der Waals surface area contributed by atoms with Gasteiger partial charge in [-0.15, -0.1) is 11.8 Å². The van der Waals surface area contributed by atoms with Gasteiger partial charge in [0.05, 0.1) is 0 Å². The molecule has 5 heteroatoms. The Morgan fingerprint density at radius 1 is 1.11 bits per heavy atom. The van der Waals surface area contributed by atoms with E-state index in [-0.39, 0.29) is 0 Å². The van der Waals surface area contributed by atoms with Crippen LogP contribution in [0.25, 0.3) is 0 Å². The van der Waals surface area contributed by atoms with E-state index in [0.29, 0.717) is 5.02 Å². The van der Waals surface area contributed by atoms with Gasteiger partial charge in [0.2, 0.25) is 0 Å². The van der Waals surface area contributed by atoms with Crippen LogP contribution >= 0.6 is 50.9 Å². The number of hydrogen-bond donors (Lipinski definition) is 1. The lowest BCUT2D eigenvalue weighted by Crippen LogP contribution is -1.89. The van der Waals surface area contributed by atoms with Gasteiger partial charge >= 0.3 is 0 Å². The molecule has 0 amide bonds. The first-order chi connectivity index (χ1) is 8.56. The number of anilines is 1. The molecular weight excluding hydrogens is 353 g/mol. The second kappa shape index (κ2) is 6.20. The van der Waals surface area contributed by atoms with Crippen LogP contribution in [0.4, 0.5) is 5.69 Å². The fourth-order valence-electron chi connectivity index (χ4n) is 1.43. The summed E-state index contributed by atoms with van der Waals surface area (Å²) in [6.07, 6.45) is 0. The van der Waals surface area contributed by atoms with Crippen LogP contribution in [-0.2, 0) is 5.75 Å². The number of benzene rings is 2. The minimum atomic E-state index is 0.689. The molecule has 0 aliphatic heterocycles. The zero-order valence-corrected chi connectivity index (χ0v) is 13.2. The van der Waals surface area contributed by atoms with Crippen molar-refractivity contribution < 1.29 is 0 Å². The highest BCUT2D eigenvalue weighted by Crippen LogP contribution is 2.33. The van der Waals surface area contributed by atoms with Crippen LogP contribution in [0.15, 0.2) is 45.8 Å². The number of halogens is 3. The number of nitrogen functional groups attached to an aromatic ring is 1. The molecule has 0 fully saturated rings. The molecule has 0 atom stereocenters. The molecule has 0 saturated heterocycles. The van der Waals surface area contributed by atoms with Gasteiger partial charge in [-0.05, 0) is 35.9 Å². The van der Waals surface area contributed by atoms with E-state index in [1.807, 2.05) is 30.3 Å². The SMILES string of the molecule is Nc1ccc(Cl)cc1SCc1ccc(Br)cc1Cl. The minimum Gasteiger partial charge on any atom is -0.398 e. The third-order valence-corrected chi connectivity index (χ3v) is 4.57. The summed E-state index contributed by atoms with van der Waals surface area (Å²) in [5.41, 5.74) is 7.70. The number of nitrogens with two attached hydrogens (primary N) is 1. The van der Waals surface area contributed by atoms with Crippen LogP contribution in [0.5, 0.6) is 0 Å². The molecule has 18 heavy (non-hydrogen) atoms. The molecule has 2 aromatic rings. The summed E-state index contributed by atoms with van der Waals surface area (Å²) in [6.45, 7) is 0. The Bertz CT molecular complexity index is 575. The molecule has 0 aromatic heterocycles. The van der Waals surface area contributed by atoms with E-state index in [1.54, 1.807) is 17.8 Å². The fourth-order valence-corrected chi connectivity index (χ4v) is 3.49. The van der Waals surface area contributed by atoms with Crippen LogP contribution in [0.3, 0.4) is 0 Å². The van der Waals surface area contributed by atoms with Crippen molar-refractivity contribution in [3.8, 4) is 0 Å². The summed E-state index contributed by atoms with van der Waals surface area (Å²) in [4.78, 5) is 0.974. The Balaban J connectivity index is 2.13. The maximum Gasteiger partial charge on any atom is 0.0457 e. The zero-order chi connectivity index (χ0) is 13.1. The van der Waals surface area contributed by atoms with Crippen molar-refractivity contribution in [2.45, 2.75) is 10.6 Å². The first-order valence-corrected chi connectivity index (χ1v) is 7.71. The monoisotopic (exact) mass is 361 g/mol. The Hall–Kier alpha value is -0.350. The molecule has 0 aliphatic rings. The Labute approximate surface area is 129 Å². The molecule has 2 aromatic carbocycles. The van der Waals surface area contributed by atoms with Crippen LogP contribution in [0, 0.1) is 0 Å². The zero-order valence-electron chi connectivity index (χ0n) is 9.29. The first-order valence-electron chi connectivity index (χ1n) is 5.18. The average molecular weight is 363 g/mol. The van der Waals surface area contributed by atoms with Gasteiger partial charge in [0, 0.05) is 30.9 Å². The minimum absolute atomic E-state index is 0.689. The quantitative estimate of drug-likeness (QED) is 0.565. The molecule has 2 rings (SSSR count). The fraction of sp³-hybridized carbons (Fsp3) is 0.0769. The molecule has 0 aliphatic carbocycles. The van der Waals surface area contributed by atoms with Crippen LogP contribution in [-0.4, -0.2) is 0 Å². The lowest BCUT2D eigenvalue weighted by atomic mass is 10.2. The summed E-state index contributed by atoms with van der Waals surface area (Å²) in [6, 6.07) is 11.3. The van der Waals surface area contributed by atoms with Crippen molar-refractivity contribution in [1.29, 1.82) is 0 Å². The van der Waals surface area contributed by atoms with Crippen molar-refractivity contribution in [3.05, 3.63) is 56.5 Å². The van der Waals surface area contributed by atoms with E-state index in [4.69, 9.17) is 28.9 Å². The average Bonchev–Trinajstić information content (AvgIpc) is 2.32. The molecule has 0 heterocycles. The normalized spacial score (nSPS) is 10.6. The summed E-state index contributed by atoms with van der Waals surface area (Å²) in [5.74, 6) is 0.761. The standard InChI is InChI=1S/C13H10BrCl2NS/c14-9-2-1-8(11(16)5-9)7-18-13-6-10(15)3-4-12(13)17/h1-6H,7,17H2. The second-order valence-corrected chi connectivity index (χ2v) is 6.48. The van der Waals surface area contributed by atoms with Gasteiger partial charge in [0.25, 0.3) is 0 Å². The topological polar surface area (TPSA) is 26.0 Å². The molecular formula is C13H10BrCl2NS. The molecule has 0 saturated carbocycles. The van der Waals surface area contributed by atoms with Crippen molar-refractivity contribution in [2.24, 2.45) is 0 Å². The number of rotatable bonds is 3. The summed E-state index contributed by atoms with van der Waals surface area (Å²) in [5, 5.41) is 1.44. The maximum atomic E-state index is 6.17. The summed E-state index contributed by atoms with van der Waals surface area (Å²) >= 11 is 17.1. The van der Waals surface area contributed by atoms with Gasteiger partial charge in [0.1, 0.15) is 0 Å². The highest BCUT2D eigenvalue weighted by atomic mass is 79.9. The molecule has 0 radical (unpaired) electrons. The van der Waals surface area contributed by atoms with Crippen molar-refractivity contribution in [1.82, 2.24) is 0 Å². The first kappa shape index (κ1) is 14.1. The highest BCUT2D eigenvalue weighted by molar-refractivity contribution is 9.10. The van der Waals surface area contributed by atoms with Gasteiger partial charge in [0.15, 0.2) is 0 Å². The van der Waals surface area contributed by atoms with Crippen LogP contribution < -0.4 is 5.73 Å². The van der Waals surface area contributed by atoms with Gasteiger partial charge in [-0.2, -0.15) is 0 Å². The predicted octanol–water partition coefficient (Wildman–Crippen LogP) is 5.63. The van der Waals surface area contributed by atoms with Gasteiger partial charge in [-0.1, -0.05) is 45.2 Å². The van der Waals surface area contributed by atoms with E-state index in [2.05, 4.69) is 15.9 Å². The molecule has 0 spiro atoms.